The molecule has 0 radical (unpaired) electrons. The molecule has 0 bridgehead atoms. The van der Waals surface area contributed by atoms with Crippen LogP contribution in [0.5, 0.6) is 0 Å². The molecule has 2 N–H and O–H groups in total. The molecule has 0 aromatic heterocycles. The molecule has 0 aliphatic carbocycles. The van der Waals surface area contributed by atoms with Crippen LogP contribution in [0.1, 0.15) is 12.0 Å². The van der Waals surface area contributed by atoms with Crippen molar-refractivity contribution in [2.24, 2.45) is 0 Å². The average Bonchev–Trinajstić information content (AvgIpc) is 2.72. The van der Waals surface area contributed by atoms with Gasteiger partial charge in [-0.3, -0.25) is 0 Å². The molecule has 18 heavy (non-hydrogen) atoms. The van der Waals surface area contributed by atoms with E-state index in [1.165, 1.54) is 4.31 Å². The van der Waals surface area contributed by atoms with Crippen molar-refractivity contribution in [3.8, 4) is 0 Å². The normalized spacial score (nSPS) is 25.5. The van der Waals surface area contributed by atoms with Crippen LogP contribution in [0.15, 0.2) is 29.2 Å². The van der Waals surface area contributed by atoms with Crippen LogP contribution in [0.4, 0.5) is 0 Å². The Bertz CT molecular complexity index is 511. The summed E-state index contributed by atoms with van der Waals surface area (Å²) in [4.78, 5) is 0.195. The summed E-state index contributed by atoms with van der Waals surface area (Å²) in [7, 11) is -3.64. The molecule has 0 saturated carbocycles. The van der Waals surface area contributed by atoms with Gasteiger partial charge in [-0.2, -0.15) is 4.31 Å². The third-order valence-corrected chi connectivity index (χ3v) is 5.11. The van der Waals surface area contributed by atoms with Crippen LogP contribution in [0.3, 0.4) is 0 Å². The highest BCUT2D eigenvalue weighted by Gasteiger charge is 2.39. The molecule has 2 rings (SSSR count). The van der Waals surface area contributed by atoms with E-state index < -0.39 is 22.2 Å². The zero-order chi connectivity index (χ0) is 13.3. The van der Waals surface area contributed by atoms with E-state index >= 15 is 0 Å². The van der Waals surface area contributed by atoms with Crippen LogP contribution in [-0.4, -0.2) is 48.2 Å². The maximum Gasteiger partial charge on any atom is 0.243 e. The molecule has 1 aromatic carbocycles. The summed E-state index contributed by atoms with van der Waals surface area (Å²) in [6.07, 6.45) is -0.427. The van der Waals surface area contributed by atoms with Gasteiger partial charge in [-0.05, 0) is 25.5 Å². The first-order chi connectivity index (χ1) is 8.45. The summed E-state index contributed by atoms with van der Waals surface area (Å²) < 4.78 is 25.9. The minimum absolute atomic E-state index is 0.0431. The fourth-order valence-electron chi connectivity index (χ4n) is 2.17. The van der Waals surface area contributed by atoms with Crippen molar-refractivity contribution in [2.75, 3.05) is 13.2 Å². The van der Waals surface area contributed by atoms with Crippen molar-refractivity contribution < 1.29 is 18.6 Å². The predicted molar refractivity (Wildman–Crippen MR) is 66.6 cm³/mol. The summed E-state index contributed by atoms with van der Waals surface area (Å²) in [5, 5.41) is 18.7. The van der Waals surface area contributed by atoms with Gasteiger partial charge in [0.2, 0.25) is 10.0 Å². The van der Waals surface area contributed by atoms with Gasteiger partial charge in [0.1, 0.15) is 0 Å². The molecule has 0 unspecified atom stereocenters. The Morgan fingerprint density at radius 2 is 1.94 bits per heavy atom. The van der Waals surface area contributed by atoms with E-state index in [-0.39, 0.29) is 24.5 Å². The van der Waals surface area contributed by atoms with Gasteiger partial charge >= 0.3 is 0 Å². The molecule has 5 nitrogen and oxygen atoms in total. The molecule has 1 heterocycles. The van der Waals surface area contributed by atoms with Crippen molar-refractivity contribution in [3.63, 3.8) is 0 Å². The molecule has 2 atom stereocenters. The van der Waals surface area contributed by atoms with Gasteiger partial charge in [0, 0.05) is 6.54 Å². The Balaban J connectivity index is 2.33. The molecule has 1 saturated heterocycles. The molecule has 0 spiro atoms. The fraction of sp³-hybridized carbons (Fsp3) is 0.500. The summed E-state index contributed by atoms with van der Waals surface area (Å²) in [5.41, 5.74) is 0.981. The van der Waals surface area contributed by atoms with Crippen LogP contribution < -0.4 is 0 Å². The van der Waals surface area contributed by atoms with Gasteiger partial charge in [0.15, 0.2) is 0 Å². The van der Waals surface area contributed by atoms with Gasteiger partial charge in [0.25, 0.3) is 0 Å². The van der Waals surface area contributed by atoms with Gasteiger partial charge in [0.05, 0.1) is 23.6 Å². The molecule has 1 aliphatic rings. The Hall–Kier alpha value is -0.950. The lowest BCUT2D eigenvalue weighted by molar-refractivity contribution is 0.184. The lowest BCUT2D eigenvalue weighted by Gasteiger charge is -2.22. The first-order valence-corrected chi connectivity index (χ1v) is 7.26. The summed E-state index contributed by atoms with van der Waals surface area (Å²) in [6, 6.07) is 6.01. The molecule has 1 aromatic rings. The van der Waals surface area contributed by atoms with Crippen LogP contribution in [0.25, 0.3) is 0 Å². The molecule has 1 fully saturated rings. The van der Waals surface area contributed by atoms with Crippen molar-refractivity contribution in [2.45, 2.75) is 30.4 Å². The van der Waals surface area contributed by atoms with E-state index in [1.807, 2.05) is 6.92 Å². The zero-order valence-corrected chi connectivity index (χ0v) is 11.0. The summed E-state index contributed by atoms with van der Waals surface area (Å²) in [6.45, 7) is 1.65. The molecule has 6 heteroatoms. The minimum Gasteiger partial charge on any atom is -0.395 e. The van der Waals surface area contributed by atoms with Crippen molar-refractivity contribution in [3.05, 3.63) is 29.8 Å². The largest absolute Gasteiger partial charge is 0.395 e. The number of benzene rings is 1. The highest BCUT2D eigenvalue weighted by atomic mass is 32.2. The second-order valence-electron chi connectivity index (χ2n) is 4.61. The highest BCUT2D eigenvalue weighted by molar-refractivity contribution is 7.89. The quantitative estimate of drug-likeness (QED) is 0.818. The monoisotopic (exact) mass is 271 g/mol. The first kappa shape index (κ1) is 13.5. The van der Waals surface area contributed by atoms with Crippen molar-refractivity contribution in [1.82, 2.24) is 4.31 Å². The number of sulfonamides is 1. The zero-order valence-electron chi connectivity index (χ0n) is 10.2. The Kier molecular flexibility index (Phi) is 3.72. The molecular weight excluding hydrogens is 254 g/mol. The SMILES string of the molecule is Cc1ccc(S(=O)(=O)N2C[C@@H](O)C[C@@H]2CO)cc1. The number of nitrogens with zero attached hydrogens (tertiary/aromatic N) is 1. The number of hydrogen-bond donors (Lipinski definition) is 2. The molecule has 0 amide bonds. The topological polar surface area (TPSA) is 77.8 Å². The summed E-state index contributed by atoms with van der Waals surface area (Å²) >= 11 is 0. The van der Waals surface area contributed by atoms with Gasteiger partial charge in [-0.25, -0.2) is 8.42 Å². The van der Waals surface area contributed by atoms with Crippen molar-refractivity contribution >= 4 is 10.0 Å². The van der Waals surface area contributed by atoms with Gasteiger partial charge in [-0.1, -0.05) is 17.7 Å². The molecular formula is C12H17NO4S. The average molecular weight is 271 g/mol. The third kappa shape index (κ3) is 2.42. The van der Waals surface area contributed by atoms with Gasteiger partial charge in [-0.15, -0.1) is 0 Å². The lowest BCUT2D eigenvalue weighted by atomic mass is 10.2. The number of hydrogen-bond acceptors (Lipinski definition) is 4. The van der Waals surface area contributed by atoms with E-state index in [0.29, 0.717) is 0 Å². The number of β-amino-alcohol motifs (C(OH)–C–C–N with tert-alkyl or cyclic N) is 1. The van der Waals surface area contributed by atoms with Crippen LogP contribution >= 0.6 is 0 Å². The maximum absolute atomic E-state index is 12.4. The molecule has 1 aliphatic heterocycles. The van der Waals surface area contributed by atoms with E-state index in [1.54, 1.807) is 24.3 Å². The Morgan fingerprint density at radius 1 is 1.33 bits per heavy atom. The van der Waals surface area contributed by atoms with E-state index in [9.17, 15) is 18.6 Å². The number of aryl methyl sites for hydroxylation is 1. The highest BCUT2D eigenvalue weighted by Crippen LogP contribution is 2.26. The first-order valence-electron chi connectivity index (χ1n) is 5.82. The van der Waals surface area contributed by atoms with Crippen molar-refractivity contribution in [1.29, 1.82) is 0 Å². The maximum atomic E-state index is 12.4. The van der Waals surface area contributed by atoms with E-state index in [0.717, 1.165) is 5.56 Å². The second kappa shape index (κ2) is 4.97. The lowest BCUT2D eigenvalue weighted by Crippen LogP contribution is -2.37. The fourth-order valence-corrected chi connectivity index (χ4v) is 3.83. The molecule has 100 valence electrons. The smallest absolute Gasteiger partial charge is 0.243 e. The minimum atomic E-state index is -3.64. The summed E-state index contributed by atoms with van der Waals surface area (Å²) in [5.74, 6) is 0. The number of rotatable bonds is 3. The van der Waals surface area contributed by atoms with E-state index in [4.69, 9.17) is 0 Å². The van der Waals surface area contributed by atoms with Gasteiger partial charge < -0.3 is 10.2 Å². The Morgan fingerprint density at radius 3 is 2.50 bits per heavy atom. The van der Waals surface area contributed by atoms with Crippen LogP contribution in [0.2, 0.25) is 0 Å². The standard InChI is InChI=1S/C12H17NO4S/c1-9-2-4-12(5-3-9)18(16,17)13-7-11(15)6-10(13)8-14/h2-5,10-11,14-15H,6-8H2,1H3/t10-,11+/m1/s1. The predicted octanol–water partition coefficient (Wildman–Crippen LogP) is 0.111. The van der Waals surface area contributed by atoms with Crippen LogP contribution in [-0.2, 0) is 10.0 Å². The Labute approximate surface area is 107 Å². The number of aliphatic hydroxyl groups excluding tert-OH is 2. The third-order valence-electron chi connectivity index (χ3n) is 3.18. The second-order valence-corrected chi connectivity index (χ2v) is 6.50. The van der Waals surface area contributed by atoms with Crippen LogP contribution in [0, 0.1) is 6.92 Å². The number of aliphatic hydroxyl groups is 2. The van der Waals surface area contributed by atoms with E-state index in [2.05, 4.69) is 0 Å².